The molecule has 0 saturated heterocycles. The minimum atomic E-state index is -2.57. The summed E-state index contributed by atoms with van der Waals surface area (Å²) in [4.78, 5) is 0. The van der Waals surface area contributed by atoms with Gasteiger partial charge in [-0.1, -0.05) is 75.4 Å². The first kappa shape index (κ1) is 16.1. The van der Waals surface area contributed by atoms with Crippen LogP contribution in [0.25, 0.3) is 11.1 Å². The molecule has 3 aromatic rings. The van der Waals surface area contributed by atoms with Gasteiger partial charge in [-0.2, -0.15) is 0 Å². The molecule has 0 bridgehead atoms. The molecule has 0 spiro atoms. The average molecular weight is 348 g/mol. The highest BCUT2D eigenvalue weighted by Gasteiger charge is 2.55. The van der Waals surface area contributed by atoms with E-state index in [4.69, 9.17) is 4.43 Å². The molecule has 1 atom stereocenters. The molecule has 4 rings (SSSR count). The van der Waals surface area contributed by atoms with Crippen LogP contribution in [0.5, 0.6) is 5.75 Å². The van der Waals surface area contributed by atoms with Crippen molar-refractivity contribution in [3.05, 3.63) is 78.6 Å². The van der Waals surface area contributed by atoms with Gasteiger partial charge in [-0.15, -0.1) is 0 Å². The molecule has 1 aliphatic heterocycles. The summed E-state index contributed by atoms with van der Waals surface area (Å²) >= 11 is 0. The van der Waals surface area contributed by atoms with Crippen molar-refractivity contribution in [2.75, 3.05) is 0 Å². The number of hydrogen-bond donors (Lipinski definition) is 0. The molecule has 0 radical (unpaired) electrons. The molecule has 0 amide bonds. The number of halogens is 1. The highest BCUT2D eigenvalue weighted by Crippen LogP contribution is 2.45. The molecule has 3 heteroatoms. The molecule has 1 unspecified atom stereocenters. The Morgan fingerprint density at radius 2 is 1.48 bits per heavy atom. The number of benzene rings is 3. The third-order valence-electron chi connectivity index (χ3n) is 5.04. The maximum Gasteiger partial charge on any atom is 0.320 e. The van der Waals surface area contributed by atoms with E-state index < -0.39 is 8.32 Å². The summed E-state index contributed by atoms with van der Waals surface area (Å²) in [6.45, 7) is 6.74. The predicted octanol–water partition coefficient (Wildman–Crippen LogP) is 4.74. The Morgan fingerprint density at radius 1 is 0.800 bits per heavy atom. The van der Waals surface area contributed by atoms with Gasteiger partial charge in [-0.05, 0) is 39.2 Å². The van der Waals surface area contributed by atoms with Gasteiger partial charge in [-0.3, -0.25) is 0 Å². The van der Waals surface area contributed by atoms with Crippen molar-refractivity contribution in [1.82, 2.24) is 0 Å². The second-order valence-electron chi connectivity index (χ2n) is 7.59. The predicted molar refractivity (Wildman–Crippen MR) is 104 cm³/mol. The van der Waals surface area contributed by atoms with Gasteiger partial charge in [0.1, 0.15) is 11.6 Å². The zero-order valence-corrected chi connectivity index (χ0v) is 15.7. The maximum atomic E-state index is 13.9. The van der Waals surface area contributed by atoms with E-state index in [1.807, 2.05) is 12.1 Å². The zero-order valence-electron chi connectivity index (χ0n) is 14.7. The van der Waals surface area contributed by atoms with E-state index in [1.165, 1.54) is 16.4 Å². The summed E-state index contributed by atoms with van der Waals surface area (Å²) in [5.74, 6) is 0.548. The van der Waals surface area contributed by atoms with Crippen molar-refractivity contribution in [2.45, 2.75) is 25.8 Å². The summed E-state index contributed by atoms with van der Waals surface area (Å²) < 4.78 is 20.7. The first-order valence-corrected chi connectivity index (χ1v) is 10.5. The zero-order chi connectivity index (χ0) is 17.7. The lowest BCUT2D eigenvalue weighted by Gasteiger charge is -2.46. The second kappa shape index (κ2) is 5.56. The van der Waals surface area contributed by atoms with Crippen molar-refractivity contribution in [2.24, 2.45) is 0 Å². The van der Waals surface area contributed by atoms with Crippen molar-refractivity contribution in [1.29, 1.82) is 0 Å². The Balaban J connectivity index is 2.09. The van der Waals surface area contributed by atoms with Crippen LogP contribution in [0, 0.1) is 5.82 Å². The largest absolute Gasteiger partial charge is 0.534 e. The quantitative estimate of drug-likeness (QED) is 0.577. The summed E-state index contributed by atoms with van der Waals surface area (Å²) in [5, 5.41) is 2.38. The SMILES string of the molecule is CC(C)(C)[Si]1(c2ccccc2)Oc2ccc(F)cc2-c2ccccc21. The van der Waals surface area contributed by atoms with Crippen molar-refractivity contribution >= 4 is 18.7 Å². The number of fused-ring (bicyclic) bond motifs is 3. The second-order valence-corrected chi connectivity index (χ2v) is 11.8. The van der Waals surface area contributed by atoms with Crippen LogP contribution in [0.15, 0.2) is 72.8 Å². The summed E-state index contributed by atoms with van der Waals surface area (Å²) in [7, 11) is -2.57. The Labute approximate surface area is 149 Å². The van der Waals surface area contributed by atoms with Crippen molar-refractivity contribution < 1.29 is 8.82 Å². The van der Waals surface area contributed by atoms with E-state index in [0.29, 0.717) is 0 Å². The van der Waals surface area contributed by atoms with E-state index in [0.717, 1.165) is 16.9 Å². The van der Waals surface area contributed by atoms with Gasteiger partial charge in [-0.25, -0.2) is 4.39 Å². The monoisotopic (exact) mass is 348 g/mol. The van der Waals surface area contributed by atoms with Gasteiger partial charge < -0.3 is 4.43 Å². The molecule has 1 aliphatic rings. The molecule has 1 nitrogen and oxygen atoms in total. The van der Waals surface area contributed by atoms with Crippen LogP contribution in [-0.2, 0) is 0 Å². The van der Waals surface area contributed by atoms with E-state index >= 15 is 0 Å². The van der Waals surface area contributed by atoms with E-state index in [-0.39, 0.29) is 10.9 Å². The van der Waals surface area contributed by atoms with Gasteiger partial charge in [0, 0.05) is 5.56 Å². The Morgan fingerprint density at radius 3 is 2.20 bits per heavy atom. The smallest absolute Gasteiger partial charge is 0.320 e. The fourth-order valence-corrected chi connectivity index (χ4v) is 8.54. The van der Waals surface area contributed by atoms with Crippen LogP contribution in [0.4, 0.5) is 4.39 Å². The molecule has 25 heavy (non-hydrogen) atoms. The molecule has 3 aromatic carbocycles. The van der Waals surface area contributed by atoms with Crippen LogP contribution in [-0.4, -0.2) is 8.32 Å². The van der Waals surface area contributed by atoms with E-state index in [1.54, 1.807) is 12.1 Å². The normalized spacial score (nSPS) is 18.9. The van der Waals surface area contributed by atoms with E-state index in [9.17, 15) is 4.39 Å². The highest BCUT2D eigenvalue weighted by atomic mass is 28.4. The fourth-order valence-electron chi connectivity index (χ4n) is 3.92. The van der Waals surface area contributed by atoms with Gasteiger partial charge in [0.2, 0.25) is 0 Å². The van der Waals surface area contributed by atoms with Crippen LogP contribution in [0.2, 0.25) is 5.04 Å². The molecular weight excluding hydrogens is 327 g/mol. The molecule has 126 valence electrons. The summed E-state index contributed by atoms with van der Waals surface area (Å²) in [5.41, 5.74) is 1.94. The van der Waals surface area contributed by atoms with Crippen LogP contribution < -0.4 is 14.8 Å². The van der Waals surface area contributed by atoms with Gasteiger partial charge in [0.25, 0.3) is 0 Å². The third kappa shape index (κ3) is 2.34. The minimum Gasteiger partial charge on any atom is -0.534 e. The van der Waals surface area contributed by atoms with Crippen LogP contribution in [0.1, 0.15) is 20.8 Å². The average Bonchev–Trinajstić information content (AvgIpc) is 2.61. The lowest BCUT2D eigenvalue weighted by atomic mass is 10.0. The molecule has 0 aromatic heterocycles. The lowest BCUT2D eigenvalue weighted by Crippen LogP contribution is -2.70. The van der Waals surface area contributed by atoms with Gasteiger partial charge >= 0.3 is 8.32 Å². The molecule has 0 fully saturated rings. The molecular formula is C22H21FOSi. The minimum absolute atomic E-state index is 0.0729. The van der Waals surface area contributed by atoms with Gasteiger partial charge in [0.05, 0.1) is 0 Å². The first-order chi connectivity index (χ1) is 11.9. The number of rotatable bonds is 1. The molecule has 1 heterocycles. The summed E-state index contributed by atoms with van der Waals surface area (Å²) in [6.07, 6.45) is 0. The van der Waals surface area contributed by atoms with E-state index in [2.05, 4.69) is 63.2 Å². The van der Waals surface area contributed by atoms with Crippen molar-refractivity contribution in [3.8, 4) is 16.9 Å². The fraction of sp³-hybridized carbons (Fsp3) is 0.182. The number of hydrogen-bond acceptors (Lipinski definition) is 1. The lowest BCUT2D eigenvalue weighted by molar-refractivity contribution is 0.504. The molecule has 0 N–H and O–H groups in total. The van der Waals surface area contributed by atoms with Crippen LogP contribution >= 0.6 is 0 Å². The highest BCUT2D eigenvalue weighted by molar-refractivity contribution is 7.01. The first-order valence-electron chi connectivity index (χ1n) is 8.57. The molecule has 0 saturated carbocycles. The standard InChI is InChI=1S/C22H21FOSi/c1-22(2,3)25(17-9-5-4-6-10-17)21-12-8-7-11-18(21)19-15-16(23)13-14-20(19)24-25/h4-15H,1-3H3. The Kier molecular flexibility index (Phi) is 3.58. The maximum absolute atomic E-state index is 13.9. The summed E-state index contributed by atoms with van der Waals surface area (Å²) in [6, 6.07) is 23.7. The molecule has 0 aliphatic carbocycles. The third-order valence-corrected chi connectivity index (χ3v) is 10.0. The Hall–Kier alpha value is -2.39. The van der Waals surface area contributed by atoms with Crippen LogP contribution in [0.3, 0.4) is 0 Å². The topological polar surface area (TPSA) is 9.23 Å². The van der Waals surface area contributed by atoms with Gasteiger partial charge in [0.15, 0.2) is 0 Å². The Bertz CT molecular complexity index is 930. The van der Waals surface area contributed by atoms with Crippen molar-refractivity contribution in [3.63, 3.8) is 0 Å².